The van der Waals surface area contributed by atoms with Crippen molar-refractivity contribution in [1.82, 2.24) is 5.32 Å². The second-order valence-electron chi connectivity index (χ2n) is 5.94. The van der Waals surface area contributed by atoms with Crippen LogP contribution in [0.2, 0.25) is 0 Å². The van der Waals surface area contributed by atoms with Crippen LogP contribution in [0.25, 0.3) is 0 Å². The maximum Gasteiger partial charge on any atom is 0.220 e. The Bertz CT molecular complexity index is 651. The van der Waals surface area contributed by atoms with Crippen LogP contribution in [0.1, 0.15) is 41.2 Å². The van der Waals surface area contributed by atoms with Crippen molar-refractivity contribution < 1.29 is 14.6 Å². The zero-order valence-corrected chi connectivity index (χ0v) is 15.2. The Morgan fingerprint density at radius 1 is 1.25 bits per heavy atom. The highest BCUT2D eigenvalue weighted by molar-refractivity contribution is 7.11. The summed E-state index contributed by atoms with van der Waals surface area (Å²) in [5.41, 5.74) is 0.762. The van der Waals surface area contributed by atoms with Gasteiger partial charge in [-0.25, -0.2) is 0 Å². The van der Waals surface area contributed by atoms with E-state index in [1.165, 1.54) is 9.75 Å². The predicted molar refractivity (Wildman–Crippen MR) is 97.6 cm³/mol. The fourth-order valence-electron chi connectivity index (χ4n) is 2.54. The monoisotopic (exact) mass is 347 g/mol. The number of amides is 1. The first kappa shape index (κ1) is 18.5. The van der Waals surface area contributed by atoms with Crippen LogP contribution in [-0.2, 0) is 11.2 Å². The van der Waals surface area contributed by atoms with E-state index in [2.05, 4.69) is 24.4 Å². The highest BCUT2D eigenvalue weighted by atomic mass is 32.1. The summed E-state index contributed by atoms with van der Waals surface area (Å²) < 4.78 is 5.11. The number of methoxy groups -OCH3 is 1. The highest BCUT2D eigenvalue weighted by Gasteiger charge is 2.18. The van der Waals surface area contributed by atoms with Gasteiger partial charge in [-0.05, 0) is 56.5 Å². The van der Waals surface area contributed by atoms with Crippen LogP contribution in [0.4, 0.5) is 0 Å². The Labute approximate surface area is 147 Å². The van der Waals surface area contributed by atoms with Crippen molar-refractivity contribution in [2.45, 2.75) is 45.3 Å². The molecule has 0 saturated heterocycles. The number of carbonyl (C=O) groups excluding carboxylic acids is 1. The second kappa shape index (κ2) is 8.85. The lowest BCUT2D eigenvalue weighted by molar-refractivity contribution is -0.122. The Hall–Kier alpha value is -1.85. The molecule has 0 bridgehead atoms. The van der Waals surface area contributed by atoms with Crippen molar-refractivity contribution in [2.75, 3.05) is 7.11 Å². The third-order valence-electron chi connectivity index (χ3n) is 3.94. The van der Waals surface area contributed by atoms with Gasteiger partial charge in [-0.15, -0.1) is 11.3 Å². The van der Waals surface area contributed by atoms with Gasteiger partial charge in [0, 0.05) is 16.2 Å². The summed E-state index contributed by atoms with van der Waals surface area (Å²) in [7, 11) is 1.60. The Kier molecular flexibility index (Phi) is 6.82. The standard InChI is InChI=1S/C19H25NO3S/c1-13-7-12-17(24-13)5-4-6-18(21)20-14(2)19(22)15-8-10-16(23-3)11-9-15/h7-12,14,19,22H,4-6H2,1-3H3,(H,20,21). The fraction of sp³-hybridized carbons (Fsp3) is 0.421. The minimum Gasteiger partial charge on any atom is -0.497 e. The summed E-state index contributed by atoms with van der Waals surface area (Å²) in [4.78, 5) is 14.7. The average molecular weight is 347 g/mol. The Morgan fingerprint density at radius 2 is 1.96 bits per heavy atom. The van der Waals surface area contributed by atoms with Crippen LogP contribution in [-0.4, -0.2) is 24.2 Å². The van der Waals surface area contributed by atoms with Crippen LogP contribution in [0.15, 0.2) is 36.4 Å². The largest absolute Gasteiger partial charge is 0.497 e. The van der Waals surface area contributed by atoms with Gasteiger partial charge in [-0.2, -0.15) is 0 Å². The summed E-state index contributed by atoms with van der Waals surface area (Å²) in [5, 5.41) is 13.2. The van der Waals surface area contributed by atoms with Gasteiger partial charge in [0.1, 0.15) is 5.75 Å². The number of aliphatic hydroxyl groups is 1. The van der Waals surface area contributed by atoms with E-state index in [0.29, 0.717) is 6.42 Å². The number of aryl methyl sites for hydroxylation is 2. The molecule has 2 N–H and O–H groups in total. The van der Waals surface area contributed by atoms with Crippen molar-refractivity contribution in [2.24, 2.45) is 0 Å². The second-order valence-corrected chi connectivity index (χ2v) is 7.31. The lowest BCUT2D eigenvalue weighted by Gasteiger charge is -2.21. The third kappa shape index (κ3) is 5.35. The summed E-state index contributed by atoms with van der Waals surface area (Å²) in [6, 6.07) is 11.1. The minimum absolute atomic E-state index is 0.0247. The fourth-order valence-corrected chi connectivity index (χ4v) is 3.47. The molecule has 1 aromatic carbocycles. The van der Waals surface area contributed by atoms with E-state index in [9.17, 15) is 9.90 Å². The van der Waals surface area contributed by atoms with Gasteiger partial charge < -0.3 is 15.2 Å². The zero-order valence-electron chi connectivity index (χ0n) is 14.4. The summed E-state index contributed by atoms with van der Waals surface area (Å²) >= 11 is 1.78. The summed E-state index contributed by atoms with van der Waals surface area (Å²) in [5.74, 6) is 0.717. The molecule has 2 aromatic rings. The molecule has 2 unspecified atom stereocenters. The molecule has 2 atom stereocenters. The molecule has 1 amide bonds. The Balaban J connectivity index is 1.77. The van der Waals surface area contributed by atoms with Crippen LogP contribution < -0.4 is 10.1 Å². The molecule has 24 heavy (non-hydrogen) atoms. The van der Waals surface area contributed by atoms with Crippen LogP contribution in [0.3, 0.4) is 0 Å². The van der Waals surface area contributed by atoms with E-state index < -0.39 is 6.10 Å². The first-order valence-corrected chi connectivity index (χ1v) is 8.98. The van der Waals surface area contributed by atoms with Crippen LogP contribution in [0, 0.1) is 6.92 Å². The zero-order chi connectivity index (χ0) is 17.5. The Morgan fingerprint density at radius 3 is 2.54 bits per heavy atom. The molecule has 2 rings (SSSR count). The van der Waals surface area contributed by atoms with Crippen molar-refractivity contribution >= 4 is 17.2 Å². The van der Waals surface area contributed by atoms with E-state index in [-0.39, 0.29) is 11.9 Å². The van der Waals surface area contributed by atoms with Gasteiger partial charge in [-0.1, -0.05) is 12.1 Å². The number of rotatable bonds is 8. The molecule has 0 aliphatic rings. The maximum atomic E-state index is 12.0. The number of carbonyl (C=O) groups is 1. The highest BCUT2D eigenvalue weighted by Crippen LogP contribution is 2.20. The maximum absolute atomic E-state index is 12.0. The van der Waals surface area contributed by atoms with E-state index in [4.69, 9.17) is 4.74 Å². The summed E-state index contributed by atoms with van der Waals surface area (Å²) in [6.45, 7) is 3.90. The van der Waals surface area contributed by atoms with Crippen molar-refractivity contribution in [3.63, 3.8) is 0 Å². The first-order chi connectivity index (χ1) is 11.5. The van der Waals surface area contributed by atoms with Gasteiger partial charge in [0.15, 0.2) is 0 Å². The molecule has 0 aliphatic heterocycles. The lowest BCUT2D eigenvalue weighted by Crippen LogP contribution is -2.36. The van der Waals surface area contributed by atoms with Gasteiger partial charge in [0.25, 0.3) is 0 Å². The molecule has 4 nitrogen and oxygen atoms in total. The SMILES string of the molecule is COc1ccc(C(O)C(C)NC(=O)CCCc2ccc(C)s2)cc1. The number of hydrogen-bond acceptors (Lipinski definition) is 4. The van der Waals surface area contributed by atoms with Crippen LogP contribution >= 0.6 is 11.3 Å². The van der Waals surface area contributed by atoms with Gasteiger partial charge >= 0.3 is 0 Å². The average Bonchev–Trinajstić information content (AvgIpc) is 2.99. The van der Waals surface area contributed by atoms with Gasteiger partial charge in [0.05, 0.1) is 19.3 Å². The van der Waals surface area contributed by atoms with E-state index in [0.717, 1.165) is 24.2 Å². The quantitative estimate of drug-likeness (QED) is 0.767. The minimum atomic E-state index is -0.736. The third-order valence-corrected chi connectivity index (χ3v) is 5.00. The molecule has 0 spiro atoms. The normalized spacial score (nSPS) is 13.3. The van der Waals surface area contributed by atoms with Gasteiger partial charge in [-0.3, -0.25) is 4.79 Å². The molecular weight excluding hydrogens is 322 g/mol. The topological polar surface area (TPSA) is 58.6 Å². The smallest absolute Gasteiger partial charge is 0.220 e. The number of benzene rings is 1. The number of ether oxygens (including phenoxy) is 1. The van der Waals surface area contributed by atoms with Crippen molar-refractivity contribution in [3.05, 3.63) is 51.7 Å². The number of hydrogen-bond donors (Lipinski definition) is 2. The van der Waals surface area contributed by atoms with E-state index >= 15 is 0 Å². The first-order valence-electron chi connectivity index (χ1n) is 8.16. The molecule has 0 radical (unpaired) electrons. The number of thiophene rings is 1. The molecule has 0 saturated carbocycles. The van der Waals surface area contributed by atoms with E-state index in [1.807, 2.05) is 19.1 Å². The molecular formula is C19H25NO3S. The molecule has 1 aromatic heterocycles. The lowest BCUT2D eigenvalue weighted by atomic mass is 10.0. The van der Waals surface area contributed by atoms with E-state index in [1.54, 1.807) is 30.6 Å². The van der Waals surface area contributed by atoms with Gasteiger partial charge in [0.2, 0.25) is 5.91 Å². The van der Waals surface area contributed by atoms with Crippen LogP contribution in [0.5, 0.6) is 5.75 Å². The molecule has 1 heterocycles. The predicted octanol–water partition coefficient (Wildman–Crippen LogP) is 3.63. The summed E-state index contributed by atoms with van der Waals surface area (Å²) in [6.07, 6.45) is 1.47. The van der Waals surface area contributed by atoms with Crippen molar-refractivity contribution in [1.29, 1.82) is 0 Å². The molecule has 0 aliphatic carbocycles. The molecule has 0 fully saturated rings. The van der Waals surface area contributed by atoms with Crippen molar-refractivity contribution in [3.8, 4) is 5.75 Å². The molecule has 130 valence electrons. The number of aliphatic hydroxyl groups excluding tert-OH is 1. The number of nitrogens with one attached hydrogen (secondary N) is 1. The molecule has 5 heteroatoms.